The van der Waals surface area contributed by atoms with Crippen molar-refractivity contribution < 1.29 is 18.7 Å². The highest BCUT2D eigenvalue weighted by Crippen LogP contribution is 2.29. The normalized spacial score (nSPS) is 14.4. The predicted octanol–water partition coefficient (Wildman–Crippen LogP) is 4.85. The van der Waals surface area contributed by atoms with Crippen molar-refractivity contribution in [1.82, 2.24) is 19.2 Å². The van der Waals surface area contributed by atoms with Crippen LogP contribution in [0.15, 0.2) is 71.5 Å². The maximum absolute atomic E-state index is 13.4. The van der Waals surface area contributed by atoms with Crippen LogP contribution < -0.4 is 0 Å². The lowest BCUT2D eigenvalue weighted by atomic mass is 10.0. The van der Waals surface area contributed by atoms with Gasteiger partial charge in [0.15, 0.2) is 11.5 Å². The first-order chi connectivity index (χ1) is 16.5. The molecular weight excluding hydrogens is 456 g/mol. The molecule has 1 aliphatic heterocycles. The number of ether oxygens (including phenoxy) is 1. The van der Waals surface area contributed by atoms with Gasteiger partial charge < -0.3 is 18.6 Å². The number of benzene rings is 1. The molecule has 0 N–H and O–H groups in total. The van der Waals surface area contributed by atoms with E-state index < -0.39 is 0 Å². The Labute approximate surface area is 201 Å². The number of methoxy groups -OCH3 is 1. The molecule has 4 aromatic rings. The van der Waals surface area contributed by atoms with Gasteiger partial charge in [-0.1, -0.05) is 17.7 Å². The number of hydrogen-bond donors (Lipinski definition) is 0. The molecule has 0 spiro atoms. The molecule has 5 rings (SSSR count). The van der Waals surface area contributed by atoms with E-state index in [9.17, 15) is 9.59 Å². The van der Waals surface area contributed by atoms with Crippen LogP contribution in [0.3, 0.4) is 0 Å². The largest absolute Gasteiger partial charge is 0.464 e. The van der Waals surface area contributed by atoms with Gasteiger partial charge in [-0.2, -0.15) is 5.10 Å². The quantitative estimate of drug-likeness (QED) is 0.383. The Bertz CT molecular complexity index is 1320. The fraction of sp³-hybridized carbons (Fsp3) is 0.240. The van der Waals surface area contributed by atoms with Gasteiger partial charge in [-0.25, -0.2) is 9.48 Å². The Hall–Kier alpha value is -3.78. The zero-order valence-electron chi connectivity index (χ0n) is 18.6. The summed E-state index contributed by atoms with van der Waals surface area (Å²) < 4.78 is 14.1. The Kier molecular flexibility index (Phi) is 5.98. The number of hydrogen-bond acceptors (Lipinski definition) is 5. The molecule has 34 heavy (non-hydrogen) atoms. The Balaban J connectivity index is 1.37. The van der Waals surface area contributed by atoms with Crippen LogP contribution in [-0.2, 0) is 4.74 Å². The lowest BCUT2D eigenvalue weighted by Gasteiger charge is -2.33. The van der Waals surface area contributed by atoms with Crippen LogP contribution in [0, 0.1) is 0 Å². The van der Waals surface area contributed by atoms with E-state index in [0.717, 1.165) is 18.5 Å². The summed E-state index contributed by atoms with van der Waals surface area (Å²) in [6, 6.07) is 16.4. The van der Waals surface area contributed by atoms with Crippen molar-refractivity contribution in [3.63, 3.8) is 0 Å². The molecule has 0 bridgehead atoms. The van der Waals surface area contributed by atoms with Crippen molar-refractivity contribution in [2.75, 3.05) is 20.2 Å². The van der Waals surface area contributed by atoms with E-state index >= 15 is 0 Å². The molecule has 1 aromatic carbocycles. The number of likely N-dealkylation sites (tertiary alicyclic amines) is 1. The third-order valence-corrected chi connectivity index (χ3v) is 6.31. The molecule has 0 radical (unpaired) electrons. The van der Waals surface area contributed by atoms with Crippen LogP contribution >= 0.6 is 11.6 Å². The lowest BCUT2D eigenvalue weighted by Crippen LogP contribution is -2.39. The molecule has 0 aliphatic carbocycles. The van der Waals surface area contributed by atoms with Gasteiger partial charge >= 0.3 is 5.97 Å². The van der Waals surface area contributed by atoms with Crippen LogP contribution in [0.2, 0.25) is 5.02 Å². The average molecular weight is 479 g/mol. The van der Waals surface area contributed by atoms with Crippen molar-refractivity contribution in [3.05, 3.63) is 83.5 Å². The summed E-state index contributed by atoms with van der Waals surface area (Å²) >= 11 is 6.19. The monoisotopic (exact) mass is 478 g/mol. The number of rotatable bonds is 5. The van der Waals surface area contributed by atoms with E-state index in [2.05, 4.69) is 5.10 Å². The van der Waals surface area contributed by atoms with E-state index in [1.54, 1.807) is 46.2 Å². The van der Waals surface area contributed by atoms with Gasteiger partial charge in [0.1, 0.15) is 11.4 Å². The molecule has 4 heterocycles. The van der Waals surface area contributed by atoms with Crippen LogP contribution in [0.1, 0.15) is 39.9 Å². The number of carbonyl (C=O) groups is 2. The van der Waals surface area contributed by atoms with Gasteiger partial charge in [-0.05, 0) is 55.3 Å². The molecule has 1 saturated heterocycles. The maximum atomic E-state index is 13.4. The summed E-state index contributed by atoms with van der Waals surface area (Å²) in [5, 5.41) is 5.18. The number of halogens is 1. The second-order valence-electron chi connectivity index (χ2n) is 8.10. The van der Waals surface area contributed by atoms with Gasteiger partial charge in [0.05, 0.1) is 19.1 Å². The van der Waals surface area contributed by atoms with Gasteiger partial charge in [0.2, 0.25) is 0 Å². The van der Waals surface area contributed by atoms with Crippen LogP contribution in [-0.4, -0.2) is 51.3 Å². The van der Waals surface area contributed by atoms with Crippen LogP contribution in [0.25, 0.3) is 17.1 Å². The molecule has 1 fully saturated rings. The molecule has 9 heteroatoms. The maximum Gasteiger partial charge on any atom is 0.354 e. The van der Waals surface area contributed by atoms with Crippen LogP contribution in [0.4, 0.5) is 0 Å². The SMILES string of the molecule is COC(=O)c1cccn1C1CCN(C(=O)c2cc(-c3ccco3)n(-c3cccc(Cl)c3)n2)CC1. The minimum absolute atomic E-state index is 0.121. The Morgan fingerprint density at radius 2 is 1.91 bits per heavy atom. The van der Waals surface area contributed by atoms with Crippen molar-refractivity contribution in [2.24, 2.45) is 0 Å². The zero-order chi connectivity index (χ0) is 23.7. The van der Waals surface area contributed by atoms with Crippen molar-refractivity contribution in [1.29, 1.82) is 0 Å². The number of furan rings is 1. The third kappa shape index (κ3) is 4.12. The lowest BCUT2D eigenvalue weighted by molar-refractivity contribution is 0.0573. The topological polar surface area (TPSA) is 82.5 Å². The third-order valence-electron chi connectivity index (χ3n) is 6.07. The molecule has 1 amide bonds. The molecular formula is C25H23ClN4O4. The summed E-state index contributed by atoms with van der Waals surface area (Å²) in [5.74, 6) is 0.0985. The second kappa shape index (κ2) is 9.23. The molecule has 3 aromatic heterocycles. The van der Waals surface area contributed by atoms with Gasteiger partial charge in [0, 0.05) is 36.4 Å². The molecule has 0 atom stereocenters. The van der Waals surface area contributed by atoms with E-state index in [-0.39, 0.29) is 17.9 Å². The predicted molar refractivity (Wildman–Crippen MR) is 126 cm³/mol. The number of nitrogens with zero attached hydrogens (tertiary/aromatic N) is 4. The Morgan fingerprint density at radius 3 is 2.62 bits per heavy atom. The molecule has 0 unspecified atom stereocenters. The highest BCUT2D eigenvalue weighted by molar-refractivity contribution is 6.30. The summed E-state index contributed by atoms with van der Waals surface area (Å²) in [6.45, 7) is 1.12. The van der Waals surface area contributed by atoms with Crippen molar-refractivity contribution in [3.8, 4) is 17.1 Å². The number of amides is 1. The second-order valence-corrected chi connectivity index (χ2v) is 8.54. The van der Waals surface area contributed by atoms with E-state index in [1.165, 1.54) is 7.11 Å². The standard InChI is InChI=1S/C25H23ClN4O4/c1-33-25(32)21-7-3-11-29(21)18-9-12-28(13-10-18)24(31)20-16-22(23-8-4-14-34-23)30(27-20)19-6-2-5-17(26)15-19/h2-8,11,14-16,18H,9-10,12-13H2,1H3. The van der Waals surface area contributed by atoms with Crippen LogP contribution in [0.5, 0.6) is 0 Å². The summed E-state index contributed by atoms with van der Waals surface area (Å²) in [7, 11) is 1.38. The first kappa shape index (κ1) is 22.0. The highest BCUT2D eigenvalue weighted by atomic mass is 35.5. The fourth-order valence-electron chi connectivity index (χ4n) is 4.39. The molecule has 8 nitrogen and oxygen atoms in total. The van der Waals surface area contributed by atoms with Gasteiger partial charge in [-0.3, -0.25) is 4.79 Å². The minimum atomic E-state index is -0.361. The van der Waals surface area contributed by atoms with E-state index in [0.29, 0.717) is 41.0 Å². The summed E-state index contributed by atoms with van der Waals surface area (Å²) in [6.07, 6.45) is 4.92. The smallest absolute Gasteiger partial charge is 0.354 e. The Morgan fingerprint density at radius 1 is 1.09 bits per heavy atom. The number of aromatic nitrogens is 3. The number of carbonyl (C=O) groups excluding carboxylic acids is 2. The van der Waals surface area contributed by atoms with Crippen molar-refractivity contribution >= 4 is 23.5 Å². The fourth-order valence-corrected chi connectivity index (χ4v) is 4.57. The first-order valence-corrected chi connectivity index (χ1v) is 11.4. The van der Waals surface area contributed by atoms with Gasteiger partial charge in [-0.15, -0.1) is 0 Å². The van der Waals surface area contributed by atoms with Crippen molar-refractivity contribution in [2.45, 2.75) is 18.9 Å². The average Bonchev–Trinajstić information content (AvgIpc) is 3.63. The molecule has 0 saturated carbocycles. The molecule has 174 valence electrons. The summed E-state index contributed by atoms with van der Waals surface area (Å²) in [4.78, 5) is 27.2. The van der Waals surface area contributed by atoms with Gasteiger partial charge in [0.25, 0.3) is 5.91 Å². The summed E-state index contributed by atoms with van der Waals surface area (Å²) in [5.41, 5.74) is 2.26. The highest BCUT2D eigenvalue weighted by Gasteiger charge is 2.29. The zero-order valence-corrected chi connectivity index (χ0v) is 19.3. The van der Waals surface area contributed by atoms with E-state index in [1.807, 2.05) is 35.0 Å². The van der Waals surface area contributed by atoms with E-state index in [4.69, 9.17) is 20.8 Å². The number of esters is 1. The number of piperidine rings is 1. The minimum Gasteiger partial charge on any atom is -0.464 e. The molecule has 1 aliphatic rings. The first-order valence-electron chi connectivity index (χ1n) is 11.0.